The number of ether oxygens (including phenoxy) is 2. The Bertz CT molecular complexity index is 400. The molecule has 0 bridgehead atoms. The summed E-state index contributed by atoms with van der Waals surface area (Å²) in [4.78, 5) is 27.6. The minimum atomic E-state index is -0.616. The second-order valence-corrected chi connectivity index (χ2v) is 7.44. The van der Waals surface area contributed by atoms with Crippen molar-refractivity contribution in [3.63, 3.8) is 0 Å². The minimum Gasteiger partial charge on any atom is -0.462 e. The summed E-state index contributed by atoms with van der Waals surface area (Å²) in [5.74, 6) is -0.352. The highest BCUT2D eigenvalue weighted by Crippen LogP contribution is 2.16. The van der Waals surface area contributed by atoms with Crippen LogP contribution in [0.4, 0.5) is 4.79 Å². The minimum absolute atomic E-state index is 0.205. The maximum absolute atomic E-state index is 12.3. The van der Waals surface area contributed by atoms with Crippen LogP contribution in [0.25, 0.3) is 0 Å². The average Bonchev–Trinajstić information content (AvgIpc) is 2.59. The number of hydrogen-bond acceptors (Lipinski definition) is 5. The molecule has 1 amide bonds. The molecule has 0 aromatic carbocycles. The van der Waals surface area contributed by atoms with Gasteiger partial charge in [-0.2, -0.15) is 0 Å². The molecule has 2 radical (unpaired) electrons. The third kappa shape index (κ3) is 15.5. The molecule has 0 aromatic rings. The summed E-state index contributed by atoms with van der Waals surface area (Å²) in [7, 11) is 5.66. The second-order valence-electron chi connectivity index (χ2n) is 7.44. The van der Waals surface area contributed by atoms with E-state index in [9.17, 15) is 9.59 Å². The van der Waals surface area contributed by atoms with Crippen molar-refractivity contribution in [3.05, 3.63) is 13.8 Å². The van der Waals surface area contributed by atoms with Crippen LogP contribution in [-0.4, -0.2) is 68.3 Å². The van der Waals surface area contributed by atoms with Gasteiger partial charge in [0, 0.05) is 26.6 Å². The lowest BCUT2D eigenvalue weighted by Crippen LogP contribution is -2.36. The summed E-state index contributed by atoms with van der Waals surface area (Å²) in [6, 6.07) is 0. The maximum Gasteiger partial charge on any atom is 0.409 e. The summed E-state index contributed by atoms with van der Waals surface area (Å²) in [6.45, 7) is 10.7. The maximum atomic E-state index is 12.3. The predicted octanol–water partition coefficient (Wildman–Crippen LogP) is 4.10. The number of carbonyl (C=O) groups is 2. The molecule has 27 heavy (non-hydrogen) atoms. The Hall–Kier alpha value is -1.30. The predicted molar refractivity (Wildman–Crippen MR) is 109 cm³/mol. The monoisotopic (exact) mass is 384 g/mol. The molecule has 0 heterocycles. The molecule has 0 aromatic heterocycles. The highest BCUT2D eigenvalue weighted by atomic mass is 16.6. The molecule has 0 rings (SSSR count). The van der Waals surface area contributed by atoms with Crippen molar-refractivity contribution in [1.29, 1.82) is 0 Å². The van der Waals surface area contributed by atoms with Crippen molar-refractivity contribution in [2.75, 3.05) is 34.2 Å². The van der Waals surface area contributed by atoms with Gasteiger partial charge in [0.15, 0.2) is 0 Å². The van der Waals surface area contributed by atoms with Crippen molar-refractivity contribution in [2.24, 2.45) is 0 Å². The molecule has 1 unspecified atom stereocenters. The van der Waals surface area contributed by atoms with Crippen molar-refractivity contribution in [1.82, 2.24) is 9.80 Å². The molecule has 0 aliphatic heterocycles. The smallest absolute Gasteiger partial charge is 0.409 e. The molecule has 0 saturated carbocycles. The van der Waals surface area contributed by atoms with Crippen molar-refractivity contribution >= 4 is 12.1 Å². The van der Waals surface area contributed by atoms with E-state index in [0.29, 0.717) is 13.0 Å². The van der Waals surface area contributed by atoms with Crippen LogP contribution in [0.15, 0.2) is 0 Å². The van der Waals surface area contributed by atoms with Crippen LogP contribution in [0.2, 0.25) is 0 Å². The van der Waals surface area contributed by atoms with Gasteiger partial charge in [-0.05, 0) is 47.2 Å². The first-order chi connectivity index (χ1) is 12.8. The lowest BCUT2D eigenvalue weighted by atomic mass is 10.0. The molecule has 0 fully saturated rings. The van der Waals surface area contributed by atoms with Crippen molar-refractivity contribution < 1.29 is 19.1 Å². The summed E-state index contributed by atoms with van der Waals surface area (Å²) in [5, 5.41) is 0. The topological polar surface area (TPSA) is 59.1 Å². The SMILES string of the molecule is [CH2]C([CH2])OC(=O)CCC(CCCCCCCC)OC(=O)N(C)CCN(C)C. The van der Waals surface area contributed by atoms with Crippen LogP contribution in [0.3, 0.4) is 0 Å². The van der Waals surface area contributed by atoms with Crippen LogP contribution in [0, 0.1) is 13.8 Å². The van der Waals surface area contributed by atoms with Gasteiger partial charge in [-0.15, -0.1) is 0 Å². The van der Waals surface area contributed by atoms with Gasteiger partial charge < -0.3 is 19.3 Å². The van der Waals surface area contributed by atoms with E-state index < -0.39 is 6.10 Å². The lowest BCUT2D eigenvalue weighted by molar-refractivity contribution is -0.146. The molecule has 0 spiro atoms. The van der Waals surface area contributed by atoms with Crippen LogP contribution in [0.5, 0.6) is 0 Å². The Kier molecular flexibility index (Phi) is 15.0. The van der Waals surface area contributed by atoms with E-state index >= 15 is 0 Å². The zero-order valence-corrected chi connectivity index (χ0v) is 17.9. The standard InChI is InChI=1S/C21H40N2O4/c1-7-8-9-10-11-12-13-19(14-15-20(24)26-18(2)3)27-21(25)23(6)17-16-22(4)5/h18-19H,2-3,7-17H2,1,4-6H3. The van der Waals surface area contributed by atoms with Gasteiger partial charge in [0.25, 0.3) is 0 Å². The number of carbonyl (C=O) groups excluding carboxylic acids is 2. The fourth-order valence-corrected chi connectivity index (χ4v) is 2.61. The fraction of sp³-hybridized carbons (Fsp3) is 0.810. The number of nitrogens with zero attached hydrogens (tertiary/aromatic N) is 2. The molecule has 0 N–H and O–H groups in total. The first-order valence-corrected chi connectivity index (χ1v) is 10.2. The van der Waals surface area contributed by atoms with Gasteiger partial charge in [-0.25, -0.2) is 4.79 Å². The van der Waals surface area contributed by atoms with Gasteiger partial charge >= 0.3 is 12.1 Å². The van der Waals surface area contributed by atoms with E-state index in [2.05, 4.69) is 20.8 Å². The molecule has 0 aliphatic rings. The van der Waals surface area contributed by atoms with E-state index in [0.717, 1.165) is 25.8 Å². The highest BCUT2D eigenvalue weighted by Gasteiger charge is 2.19. The lowest BCUT2D eigenvalue weighted by Gasteiger charge is -2.24. The highest BCUT2D eigenvalue weighted by molar-refractivity contribution is 5.70. The van der Waals surface area contributed by atoms with Crippen molar-refractivity contribution in [3.8, 4) is 0 Å². The van der Waals surface area contributed by atoms with Crippen LogP contribution in [0.1, 0.15) is 64.7 Å². The molecule has 158 valence electrons. The summed E-state index contributed by atoms with van der Waals surface area (Å²) in [5.41, 5.74) is 0. The molecule has 1 atom stereocenters. The third-order valence-corrected chi connectivity index (χ3v) is 4.31. The van der Waals surface area contributed by atoms with Crippen molar-refractivity contribution in [2.45, 2.75) is 76.9 Å². The van der Waals surface area contributed by atoms with Crippen LogP contribution < -0.4 is 0 Å². The molecular formula is C21H40N2O4. The number of hydrogen-bond donors (Lipinski definition) is 0. The van der Waals surface area contributed by atoms with Gasteiger partial charge in [-0.3, -0.25) is 4.79 Å². The van der Waals surface area contributed by atoms with E-state index in [1.807, 2.05) is 19.0 Å². The van der Waals surface area contributed by atoms with Gasteiger partial charge in [0.1, 0.15) is 12.2 Å². The zero-order valence-electron chi connectivity index (χ0n) is 17.9. The van der Waals surface area contributed by atoms with E-state index in [1.54, 1.807) is 11.9 Å². The Labute approximate surface area is 166 Å². The third-order valence-electron chi connectivity index (χ3n) is 4.31. The summed E-state index contributed by atoms with van der Waals surface area (Å²) in [6.07, 6.45) is 7.25. The average molecular weight is 385 g/mol. The first-order valence-electron chi connectivity index (χ1n) is 10.2. The Morgan fingerprint density at radius 1 is 0.889 bits per heavy atom. The zero-order chi connectivity index (χ0) is 20.7. The fourth-order valence-electron chi connectivity index (χ4n) is 2.61. The number of likely N-dealkylation sites (N-methyl/N-ethyl adjacent to an activating group) is 2. The van der Waals surface area contributed by atoms with Gasteiger partial charge in [-0.1, -0.05) is 39.0 Å². The molecular weight excluding hydrogens is 344 g/mol. The number of amides is 1. The Morgan fingerprint density at radius 3 is 2.11 bits per heavy atom. The van der Waals surface area contributed by atoms with E-state index in [4.69, 9.17) is 9.47 Å². The summed E-state index contributed by atoms with van der Waals surface area (Å²) < 4.78 is 10.6. The number of esters is 1. The van der Waals surface area contributed by atoms with Gasteiger partial charge in [0.05, 0.1) is 0 Å². The van der Waals surface area contributed by atoms with Gasteiger partial charge in [0.2, 0.25) is 0 Å². The molecule has 6 heteroatoms. The Morgan fingerprint density at radius 2 is 1.52 bits per heavy atom. The normalized spacial score (nSPS) is 12.3. The van der Waals surface area contributed by atoms with E-state index in [-0.39, 0.29) is 24.6 Å². The van der Waals surface area contributed by atoms with E-state index in [1.165, 1.54) is 25.7 Å². The molecule has 0 saturated heterocycles. The number of rotatable bonds is 15. The summed E-state index contributed by atoms with van der Waals surface area (Å²) >= 11 is 0. The Balaban J connectivity index is 4.43. The first kappa shape index (κ1) is 25.7. The van der Waals surface area contributed by atoms with Crippen LogP contribution in [-0.2, 0) is 14.3 Å². The molecule has 0 aliphatic carbocycles. The largest absolute Gasteiger partial charge is 0.462 e. The number of unbranched alkanes of at least 4 members (excludes halogenated alkanes) is 5. The quantitative estimate of drug-likeness (QED) is 0.314. The van der Waals surface area contributed by atoms with Crippen LogP contribution >= 0.6 is 0 Å². The molecule has 6 nitrogen and oxygen atoms in total. The second kappa shape index (κ2) is 15.7.